The van der Waals surface area contributed by atoms with E-state index in [-0.39, 0.29) is 24.9 Å². The summed E-state index contributed by atoms with van der Waals surface area (Å²) >= 11 is 0. The number of carbonyl (C=O) groups excluding carboxylic acids is 1. The van der Waals surface area contributed by atoms with Gasteiger partial charge in [-0.15, -0.1) is 0 Å². The molecule has 0 unspecified atom stereocenters. The van der Waals surface area contributed by atoms with Crippen LogP contribution < -0.4 is 5.73 Å². The van der Waals surface area contributed by atoms with Gasteiger partial charge in [-0.3, -0.25) is 4.79 Å². The molecule has 2 N–H and O–H groups in total. The van der Waals surface area contributed by atoms with Crippen LogP contribution in [-0.2, 0) is 11.3 Å². The Balaban J connectivity index is 2.11. The zero-order valence-electron chi connectivity index (χ0n) is 11.8. The molecule has 20 heavy (non-hydrogen) atoms. The SMILES string of the molecule is CC(C)(N)CC(=O)N(Cc1ccc(F)cc1F)C1CC1. The van der Waals surface area contributed by atoms with Gasteiger partial charge in [0.25, 0.3) is 0 Å². The van der Waals surface area contributed by atoms with Gasteiger partial charge in [-0.05, 0) is 32.8 Å². The minimum Gasteiger partial charge on any atom is -0.335 e. The summed E-state index contributed by atoms with van der Waals surface area (Å²) in [6.07, 6.45) is 2.07. The highest BCUT2D eigenvalue weighted by Crippen LogP contribution is 2.30. The van der Waals surface area contributed by atoms with Crippen LogP contribution in [0.15, 0.2) is 18.2 Å². The molecule has 0 aromatic heterocycles. The summed E-state index contributed by atoms with van der Waals surface area (Å²) in [7, 11) is 0. The molecule has 0 saturated heterocycles. The highest BCUT2D eigenvalue weighted by molar-refractivity contribution is 5.78. The second-order valence-electron chi connectivity index (χ2n) is 6.15. The number of nitrogens with two attached hydrogens (primary N) is 1. The molecule has 110 valence electrons. The highest BCUT2D eigenvalue weighted by atomic mass is 19.1. The molecule has 0 spiro atoms. The van der Waals surface area contributed by atoms with Crippen LogP contribution in [0.5, 0.6) is 0 Å². The summed E-state index contributed by atoms with van der Waals surface area (Å²) in [5.41, 5.74) is 5.61. The van der Waals surface area contributed by atoms with Crippen molar-refractivity contribution in [3.8, 4) is 0 Å². The van der Waals surface area contributed by atoms with Gasteiger partial charge in [0.05, 0.1) is 0 Å². The van der Waals surface area contributed by atoms with Crippen LogP contribution in [0, 0.1) is 11.6 Å². The van der Waals surface area contributed by atoms with E-state index in [1.54, 1.807) is 18.7 Å². The number of carbonyl (C=O) groups is 1. The van der Waals surface area contributed by atoms with E-state index < -0.39 is 17.2 Å². The Labute approximate surface area is 117 Å². The molecule has 3 nitrogen and oxygen atoms in total. The third-order valence-electron chi connectivity index (χ3n) is 3.27. The zero-order chi connectivity index (χ0) is 14.9. The van der Waals surface area contributed by atoms with Gasteiger partial charge in [0.15, 0.2) is 0 Å². The van der Waals surface area contributed by atoms with Gasteiger partial charge in [0, 0.05) is 36.2 Å². The number of rotatable bonds is 5. The number of benzene rings is 1. The average Bonchev–Trinajstić information content (AvgIpc) is 3.09. The fourth-order valence-electron chi connectivity index (χ4n) is 2.13. The Kier molecular flexibility index (Phi) is 4.09. The smallest absolute Gasteiger partial charge is 0.224 e. The molecule has 0 atom stereocenters. The normalized spacial score (nSPS) is 15.2. The number of hydrogen-bond donors (Lipinski definition) is 1. The van der Waals surface area contributed by atoms with Gasteiger partial charge in [-0.25, -0.2) is 8.78 Å². The quantitative estimate of drug-likeness (QED) is 0.902. The van der Waals surface area contributed by atoms with E-state index in [0.29, 0.717) is 5.56 Å². The predicted octanol–water partition coefficient (Wildman–Crippen LogP) is 2.58. The van der Waals surface area contributed by atoms with Crippen LogP contribution in [0.4, 0.5) is 8.78 Å². The van der Waals surface area contributed by atoms with Gasteiger partial charge >= 0.3 is 0 Å². The molecular weight excluding hydrogens is 262 g/mol. The average molecular weight is 282 g/mol. The zero-order valence-corrected chi connectivity index (χ0v) is 11.8. The molecule has 1 fully saturated rings. The maximum Gasteiger partial charge on any atom is 0.224 e. The van der Waals surface area contributed by atoms with Crippen molar-refractivity contribution in [1.82, 2.24) is 4.90 Å². The second kappa shape index (κ2) is 5.48. The van der Waals surface area contributed by atoms with Crippen LogP contribution in [-0.4, -0.2) is 22.4 Å². The summed E-state index contributed by atoms with van der Waals surface area (Å²) < 4.78 is 26.6. The third kappa shape index (κ3) is 4.00. The van der Waals surface area contributed by atoms with Gasteiger partial charge < -0.3 is 10.6 Å². The summed E-state index contributed by atoms with van der Waals surface area (Å²) in [6.45, 7) is 3.74. The van der Waals surface area contributed by atoms with Crippen molar-refractivity contribution in [2.75, 3.05) is 0 Å². The standard InChI is InChI=1S/C15H20F2N2O/c1-15(2,18)8-14(20)19(12-5-6-12)9-10-3-4-11(16)7-13(10)17/h3-4,7,12H,5-6,8-9,18H2,1-2H3. The minimum atomic E-state index is -0.615. The molecule has 5 heteroatoms. The number of hydrogen-bond acceptors (Lipinski definition) is 2. The van der Waals surface area contributed by atoms with Crippen LogP contribution in [0.2, 0.25) is 0 Å². The fourth-order valence-corrected chi connectivity index (χ4v) is 2.13. The molecule has 1 saturated carbocycles. The van der Waals surface area contributed by atoms with Crippen molar-refractivity contribution < 1.29 is 13.6 Å². The maximum atomic E-state index is 13.7. The van der Waals surface area contributed by atoms with Crippen molar-refractivity contribution in [3.05, 3.63) is 35.4 Å². The fraction of sp³-hybridized carbons (Fsp3) is 0.533. The topological polar surface area (TPSA) is 46.3 Å². The molecule has 0 radical (unpaired) electrons. The first-order chi connectivity index (χ1) is 9.26. The number of nitrogens with zero attached hydrogens (tertiary/aromatic N) is 1. The lowest BCUT2D eigenvalue weighted by Gasteiger charge is -2.27. The van der Waals surface area contributed by atoms with Crippen molar-refractivity contribution in [2.24, 2.45) is 5.73 Å². The van der Waals surface area contributed by atoms with Crippen molar-refractivity contribution >= 4 is 5.91 Å². The Morgan fingerprint density at radius 3 is 2.55 bits per heavy atom. The third-order valence-corrected chi connectivity index (χ3v) is 3.27. The Morgan fingerprint density at radius 2 is 2.05 bits per heavy atom. The molecule has 1 aliphatic carbocycles. The Bertz CT molecular complexity index is 507. The molecule has 1 aromatic carbocycles. The lowest BCUT2D eigenvalue weighted by atomic mass is 10.0. The van der Waals surface area contributed by atoms with Crippen molar-refractivity contribution in [3.63, 3.8) is 0 Å². The lowest BCUT2D eigenvalue weighted by molar-refractivity contribution is -0.133. The number of halogens is 2. The monoisotopic (exact) mass is 282 g/mol. The number of amides is 1. The van der Waals surface area contributed by atoms with E-state index in [2.05, 4.69) is 0 Å². The summed E-state index contributed by atoms with van der Waals surface area (Å²) in [5.74, 6) is -1.31. The summed E-state index contributed by atoms with van der Waals surface area (Å²) in [5, 5.41) is 0. The molecule has 2 rings (SSSR count). The van der Waals surface area contributed by atoms with E-state index in [0.717, 1.165) is 18.9 Å². The predicted molar refractivity (Wildman–Crippen MR) is 72.8 cm³/mol. The molecule has 1 aliphatic rings. The van der Waals surface area contributed by atoms with E-state index in [9.17, 15) is 13.6 Å². The van der Waals surface area contributed by atoms with Gasteiger partial charge in [-0.1, -0.05) is 6.07 Å². The van der Waals surface area contributed by atoms with Crippen molar-refractivity contribution in [2.45, 2.75) is 51.2 Å². The van der Waals surface area contributed by atoms with Crippen LogP contribution >= 0.6 is 0 Å². The second-order valence-corrected chi connectivity index (χ2v) is 6.15. The van der Waals surface area contributed by atoms with Gasteiger partial charge in [0.2, 0.25) is 5.91 Å². The molecular formula is C15H20F2N2O. The summed E-state index contributed by atoms with van der Waals surface area (Å²) in [4.78, 5) is 13.9. The Hall–Kier alpha value is -1.49. The largest absolute Gasteiger partial charge is 0.335 e. The molecule has 0 aliphatic heterocycles. The van der Waals surface area contributed by atoms with Gasteiger partial charge in [0.1, 0.15) is 11.6 Å². The first-order valence-electron chi connectivity index (χ1n) is 6.78. The van der Waals surface area contributed by atoms with Crippen molar-refractivity contribution in [1.29, 1.82) is 0 Å². The highest BCUT2D eigenvalue weighted by Gasteiger charge is 2.34. The van der Waals surface area contributed by atoms with E-state index in [1.807, 2.05) is 0 Å². The lowest BCUT2D eigenvalue weighted by Crippen LogP contribution is -2.42. The first kappa shape index (κ1) is 14.9. The first-order valence-corrected chi connectivity index (χ1v) is 6.78. The van der Waals surface area contributed by atoms with E-state index in [1.165, 1.54) is 12.1 Å². The molecule has 0 bridgehead atoms. The maximum absolute atomic E-state index is 13.7. The molecule has 1 aromatic rings. The van der Waals surface area contributed by atoms with E-state index >= 15 is 0 Å². The van der Waals surface area contributed by atoms with Gasteiger partial charge in [-0.2, -0.15) is 0 Å². The van der Waals surface area contributed by atoms with Crippen LogP contribution in [0.25, 0.3) is 0 Å². The van der Waals surface area contributed by atoms with Crippen LogP contribution in [0.1, 0.15) is 38.7 Å². The van der Waals surface area contributed by atoms with Crippen LogP contribution in [0.3, 0.4) is 0 Å². The minimum absolute atomic E-state index is 0.0799. The van der Waals surface area contributed by atoms with E-state index in [4.69, 9.17) is 5.73 Å². The molecule has 0 heterocycles. The molecule has 1 amide bonds. The summed E-state index contributed by atoms with van der Waals surface area (Å²) in [6, 6.07) is 3.61. The Morgan fingerprint density at radius 1 is 1.40 bits per heavy atom.